The number of carbonyl (C=O) groups is 1. The van der Waals surface area contributed by atoms with Gasteiger partial charge >= 0.3 is 6.18 Å². The molecule has 0 radical (unpaired) electrons. The summed E-state index contributed by atoms with van der Waals surface area (Å²) in [7, 11) is 1.40. The van der Waals surface area contributed by atoms with Crippen LogP contribution in [0.4, 0.5) is 18.9 Å². The lowest BCUT2D eigenvalue weighted by Gasteiger charge is -2.28. The zero-order chi connectivity index (χ0) is 20.0. The van der Waals surface area contributed by atoms with Crippen molar-refractivity contribution in [3.05, 3.63) is 36.1 Å². The summed E-state index contributed by atoms with van der Waals surface area (Å²) in [5.41, 5.74) is 0.724. The molecule has 0 saturated heterocycles. The molecule has 1 aliphatic rings. The summed E-state index contributed by atoms with van der Waals surface area (Å²) < 4.78 is 43.5. The highest BCUT2D eigenvalue weighted by Crippen LogP contribution is 2.40. The molecule has 0 bridgehead atoms. The number of anilines is 1. The largest absolute Gasteiger partial charge is 0.481 e. The number of hydrogen-bond acceptors (Lipinski definition) is 4. The molecule has 1 aromatic rings. The molecule has 1 N–H and O–H groups in total. The third-order valence-electron chi connectivity index (χ3n) is 4.54. The quantitative estimate of drug-likeness (QED) is 0.766. The van der Waals surface area contributed by atoms with Gasteiger partial charge in [-0.25, -0.2) is 0 Å². The fourth-order valence-corrected chi connectivity index (χ4v) is 3.04. The SMILES string of the molecule is C=CC(=O)Nc1cc(/C=C/[C@H]2CC[C@H](C(F)(F)F)CC2)c(OC)nc1C#N. The van der Waals surface area contributed by atoms with Crippen molar-refractivity contribution in [3.8, 4) is 11.9 Å². The molecule has 0 atom stereocenters. The van der Waals surface area contributed by atoms with Gasteiger partial charge in [-0.2, -0.15) is 23.4 Å². The van der Waals surface area contributed by atoms with E-state index in [9.17, 15) is 23.2 Å². The zero-order valence-corrected chi connectivity index (χ0v) is 14.8. The van der Waals surface area contributed by atoms with Gasteiger partial charge in [0.1, 0.15) is 6.07 Å². The van der Waals surface area contributed by atoms with Gasteiger partial charge in [0.15, 0.2) is 5.69 Å². The summed E-state index contributed by atoms with van der Waals surface area (Å²) in [6.07, 6.45) is 1.60. The molecule has 1 fully saturated rings. The molecule has 1 saturated carbocycles. The van der Waals surface area contributed by atoms with E-state index in [1.807, 2.05) is 12.1 Å². The fourth-order valence-electron chi connectivity index (χ4n) is 3.04. The minimum atomic E-state index is -4.13. The molecule has 1 aliphatic carbocycles. The maximum absolute atomic E-state index is 12.8. The number of amides is 1. The summed E-state index contributed by atoms with van der Waals surface area (Å²) in [6.45, 7) is 3.36. The van der Waals surface area contributed by atoms with Gasteiger partial charge in [0.25, 0.3) is 0 Å². The lowest BCUT2D eigenvalue weighted by molar-refractivity contribution is -0.183. The van der Waals surface area contributed by atoms with Crippen LogP contribution in [0, 0.1) is 23.2 Å². The number of hydrogen-bond donors (Lipinski definition) is 1. The van der Waals surface area contributed by atoms with E-state index in [4.69, 9.17) is 4.74 Å². The molecule has 0 aliphatic heterocycles. The molecular formula is C19H20F3N3O2. The van der Waals surface area contributed by atoms with Gasteiger partial charge in [-0.05, 0) is 43.7 Å². The first kappa shape index (κ1) is 20.5. The highest BCUT2D eigenvalue weighted by molar-refractivity contribution is 5.99. The minimum Gasteiger partial charge on any atom is -0.481 e. The Morgan fingerprint density at radius 3 is 2.59 bits per heavy atom. The van der Waals surface area contributed by atoms with Crippen molar-refractivity contribution in [2.75, 3.05) is 12.4 Å². The van der Waals surface area contributed by atoms with E-state index in [1.54, 1.807) is 12.1 Å². The molecule has 2 rings (SSSR count). The Morgan fingerprint density at radius 2 is 2.07 bits per heavy atom. The topological polar surface area (TPSA) is 75.0 Å². The van der Waals surface area contributed by atoms with Gasteiger partial charge in [-0.3, -0.25) is 4.79 Å². The van der Waals surface area contributed by atoms with E-state index in [0.717, 1.165) is 6.08 Å². The molecular weight excluding hydrogens is 359 g/mol. The minimum absolute atomic E-state index is 0.00937. The number of ether oxygens (including phenoxy) is 1. The van der Waals surface area contributed by atoms with Crippen LogP contribution in [0.2, 0.25) is 0 Å². The Bertz CT molecular complexity index is 774. The second kappa shape index (κ2) is 8.71. The molecule has 0 aromatic carbocycles. The van der Waals surface area contributed by atoms with Gasteiger partial charge in [-0.15, -0.1) is 0 Å². The Kier molecular flexibility index (Phi) is 6.61. The molecule has 144 valence electrons. The van der Waals surface area contributed by atoms with Crippen molar-refractivity contribution in [1.82, 2.24) is 4.98 Å². The Balaban J connectivity index is 2.18. The first-order chi connectivity index (χ1) is 12.8. The average Bonchev–Trinajstić information content (AvgIpc) is 2.65. The molecule has 5 nitrogen and oxygen atoms in total. The molecule has 27 heavy (non-hydrogen) atoms. The molecule has 0 unspecified atom stereocenters. The summed E-state index contributed by atoms with van der Waals surface area (Å²) in [4.78, 5) is 15.6. The molecule has 1 heterocycles. The number of aromatic nitrogens is 1. The molecule has 0 spiro atoms. The first-order valence-electron chi connectivity index (χ1n) is 8.46. The van der Waals surface area contributed by atoms with Crippen molar-refractivity contribution in [3.63, 3.8) is 0 Å². The van der Waals surface area contributed by atoms with Crippen LogP contribution >= 0.6 is 0 Å². The highest BCUT2D eigenvalue weighted by atomic mass is 19.4. The van der Waals surface area contributed by atoms with E-state index in [2.05, 4.69) is 16.9 Å². The molecule has 8 heteroatoms. The van der Waals surface area contributed by atoms with Crippen LogP contribution in [0.1, 0.15) is 36.9 Å². The van der Waals surface area contributed by atoms with Gasteiger partial charge < -0.3 is 10.1 Å². The van der Waals surface area contributed by atoms with E-state index in [-0.39, 0.29) is 36.0 Å². The lowest BCUT2D eigenvalue weighted by atomic mass is 9.81. The van der Waals surface area contributed by atoms with E-state index in [1.165, 1.54) is 7.11 Å². The summed E-state index contributed by atoms with van der Waals surface area (Å²) in [6, 6.07) is 3.43. The van der Waals surface area contributed by atoms with Crippen molar-refractivity contribution in [1.29, 1.82) is 5.26 Å². The molecule has 1 aromatic heterocycles. The number of allylic oxidation sites excluding steroid dienone is 1. The van der Waals surface area contributed by atoms with Crippen LogP contribution in [0.3, 0.4) is 0 Å². The standard InChI is InChI=1S/C19H20F3N3O2/c1-3-17(26)24-15-10-13(18(27-2)25-16(15)11-23)7-4-12-5-8-14(9-6-12)19(20,21)22/h3-4,7,10,12,14H,1,5-6,8-9H2,2H3,(H,24,26)/b7-4+/t12-,14-. The maximum atomic E-state index is 12.8. The van der Waals surface area contributed by atoms with Gasteiger partial charge in [-0.1, -0.05) is 18.7 Å². The smallest absolute Gasteiger partial charge is 0.391 e. The number of halogens is 3. The van der Waals surface area contributed by atoms with Crippen LogP contribution in [-0.4, -0.2) is 24.2 Å². The molecule has 1 amide bonds. The maximum Gasteiger partial charge on any atom is 0.391 e. The number of nitrogens with one attached hydrogen (secondary N) is 1. The summed E-state index contributed by atoms with van der Waals surface area (Å²) in [5.74, 6) is -1.49. The zero-order valence-electron chi connectivity index (χ0n) is 14.8. The third-order valence-corrected chi connectivity index (χ3v) is 4.54. The second-order valence-electron chi connectivity index (χ2n) is 6.30. The number of alkyl halides is 3. The fraction of sp³-hybridized carbons (Fsp3) is 0.421. The Morgan fingerprint density at radius 1 is 1.41 bits per heavy atom. The van der Waals surface area contributed by atoms with Crippen LogP contribution < -0.4 is 10.1 Å². The van der Waals surface area contributed by atoms with Gasteiger partial charge in [0, 0.05) is 5.56 Å². The van der Waals surface area contributed by atoms with Crippen LogP contribution in [0.25, 0.3) is 6.08 Å². The number of methoxy groups -OCH3 is 1. The number of pyridine rings is 1. The van der Waals surface area contributed by atoms with Gasteiger partial charge in [0.05, 0.1) is 18.7 Å². The number of nitrogens with zero attached hydrogens (tertiary/aromatic N) is 2. The Hall–Kier alpha value is -2.82. The monoisotopic (exact) mass is 379 g/mol. The second-order valence-corrected chi connectivity index (χ2v) is 6.30. The predicted molar refractivity (Wildman–Crippen MR) is 94.9 cm³/mol. The number of carbonyl (C=O) groups excluding carboxylic acids is 1. The average molecular weight is 379 g/mol. The van der Waals surface area contributed by atoms with Gasteiger partial charge in [0.2, 0.25) is 11.8 Å². The first-order valence-corrected chi connectivity index (χ1v) is 8.46. The Labute approximate surface area is 155 Å². The highest BCUT2D eigenvalue weighted by Gasteiger charge is 2.40. The van der Waals surface area contributed by atoms with Crippen molar-refractivity contribution in [2.45, 2.75) is 31.9 Å². The summed E-state index contributed by atoms with van der Waals surface area (Å²) >= 11 is 0. The van der Waals surface area contributed by atoms with Crippen LogP contribution in [-0.2, 0) is 4.79 Å². The summed E-state index contributed by atoms with van der Waals surface area (Å²) in [5, 5.41) is 11.7. The van der Waals surface area contributed by atoms with E-state index < -0.39 is 18.0 Å². The van der Waals surface area contributed by atoms with Crippen LogP contribution in [0.5, 0.6) is 5.88 Å². The van der Waals surface area contributed by atoms with Crippen molar-refractivity contribution in [2.24, 2.45) is 11.8 Å². The number of nitriles is 1. The van der Waals surface area contributed by atoms with E-state index >= 15 is 0 Å². The lowest BCUT2D eigenvalue weighted by Crippen LogP contribution is -2.27. The normalized spacial score (nSPS) is 20.1. The number of rotatable bonds is 5. The van der Waals surface area contributed by atoms with E-state index in [0.29, 0.717) is 18.4 Å². The van der Waals surface area contributed by atoms with Crippen LogP contribution in [0.15, 0.2) is 24.8 Å². The van der Waals surface area contributed by atoms with Crippen molar-refractivity contribution < 1.29 is 22.7 Å². The third kappa shape index (κ3) is 5.33. The van der Waals surface area contributed by atoms with Crippen molar-refractivity contribution >= 4 is 17.7 Å². The predicted octanol–water partition coefficient (Wildman–Crippen LogP) is 4.47.